The summed E-state index contributed by atoms with van der Waals surface area (Å²) in [6.07, 6.45) is 0. The number of aromatic nitrogens is 1. The van der Waals surface area contributed by atoms with E-state index < -0.39 is 15.9 Å². The van der Waals surface area contributed by atoms with Crippen molar-refractivity contribution in [1.29, 1.82) is 0 Å². The van der Waals surface area contributed by atoms with Crippen LogP contribution in [0.2, 0.25) is 0 Å². The Hall–Kier alpha value is -2.33. The van der Waals surface area contributed by atoms with Crippen molar-refractivity contribution in [1.82, 2.24) is 8.87 Å². The quantitative estimate of drug-likeness (QED) is 0.423. The van der Waals surface area contributed by atoms with Crippen LogP contribution in [-0.4, -0.2) is 49.5 Å². The van der Waals surface area contributed by atoms with Gasteiger partial charge in [-0.1, -0.05) is 31.3 Å². The van der Waals surface area contributed by atoms with Crippen molar-refractivity contribution >= 4 is 37.5 Å². The molecule has 0 atom stereocenters. The molecule has 3 aromatic rings. The molecule has 0 radical (unpaired) electrons. The van der Waals surface area contributed by atoms with E-state index in [4.69, 9.17) is 4.74 Å². The van der Waals surface area contributed by atoms with Gasteiger partial charge in [-0.15, -0.1) is 0 Å². The van der Waals surface area contributed by atoms with Crippen molar-refractivity contribution in [2.24, 2.45) is 4.99 Å². The van der Waals surface area contributed by atoms with E-state index >= 15 is 0 Å². The van der Waals surface area contributed by atoms with E-state index in [1.807, 2.05) is 18.4 Å². The van der Waals surface area contributed by atoms with Gasteiger partial charge in [0, 0.05) is 31.8 Å². The number of hydrogen-bond donors (Lipinski definition) is 0. The number of thiazole rings is 1. The van der Waals surface area contributed by atoms with Crippen LogP contribution in [0.3, 0.4) is 0 Å². The van der Waals surface area contributed by atoms with E-state index in [9.17, 15) is 13.2 Å². The predicted octanol–water partition coefficient (Wildman–Crippen LogP) is 4.13. The second kappa shape index (κ2) is 10.7. The standard InChI is InChI=1S/C24H31N3O4S2/c1-6-26(7-2)33(29,30)20-11-9-19(10-12-20)23(28)25-24-27(13-14-31-8-3)21-16-17(4)15-18(5)22(21)32-24/h9-12,15-16H,6-8,13-14H2,1-5H3. The van der Waals surface area contributed by atoms with Crippen molar-refractivity contribution < 1.29 is 17.9 Å². The number of benzene rings is 2. The smallest absolute Gasteiger partial charge is 0.279 e. The van der Waals surface area contributed by atoms with Crippen LogP contribution < -0.4 is 4.80 Å². The lowest BCUT2D eigenvalue weighted by Gasteiger charge is -2.18. The lowest BCUT2D eigenvalue weighted by Crippen LogP contribution is -2.30. The topological polar surface area (TPSA) is 81.0 Å². The highest BCUT2D eigenvalue weighted by Crippen LogP contribution is 2.24. The van der Waals surface area contributed by atoms with Gasteiger partial charge in [0.15, 0.2) is 4.80 Å². The summed E-state index contributed by atoms with van der Waals surface area (Å²) in [7, 11) is -3.57. The SMILES string of the molecule is CCOCCn1c(=NC(=O)c2ccc(S(=O)(=O)N(CC)CC)cc2)sc2c(C)cc(C)cc21. The molecule has 0 aliphatic carbocycles. The number of sulfonamides is 1. The second-order valence-corrected chi connectivity index (χ2v) is 10.6. The van der Waals surface area contributed by atoms with Crippen LogP contribution >= 0.6 is 11.3 Å². The van der Waals surface area contributed by atoms with Gasteiger partial charge in [0.05, 0.1) is 21.7 Å². The molecule has 1 heterocycles. The zero-order valence-electron chi connectivity index (χ0n) is 19.8. The summed E-state index contributed by atoms with van der Waals surface area (Å²) in [5.41, 5.74) is 3.66. The fraction of sp³-hybridized carbons (Fsp3) is 0.417. The second-order valence-electron chi connectivity index (χ2n) is 7.69. The molecule has 9 heteroatoms. The minimum Gasteiger partial charge on any atom is -0.380 e. The van der Waals surface area contributed by atoms with Crippen LogP contribution in [0.1, 0.15) is 42.3 Å². The highest BCUT2D eigenvalue weighted by molar-refractivity contribution is 7.89. The van der Waals surface area contributed by atoms with E-state index in [2.05, 4.69) is 24.0 Å². The summed E-state index contributed by atoms with van der Waals surface area (Å²) >= 11 is 1.47. The van der Waals surface area contributed by atoms with Crippen LogP contribution in [0.5, 0.6) is 0 Å². The number of hydrogen-bond acceptors (Lipinski definition) is 5. The number of aryl methyl sites for hydroxylation is 2. The first-order valence-electron chi connectivity index (χ1n) is 11.1. The Bertz CT molecular complexity index is 1300. The fourth-order valence-corrected chi connectivity index (χ4v) is 6.31. The van der Waals surface area contributed by atoms with E-state index in [1.54, 1.807) is 13.8 Å². The summed E-state index contributed by atoms with van der Waals surface area (Å²) in [5.74, 6) is -0.409. The normalized spacial score (nSPS) is 12.7. The average Bonchev–Trinajstić information content (AvgIpc) is 3.12. The van der Waals surface area contributed by atoms with Crippen LogP contribution in [0, 0.1) is 13.8 Å². The molecule has 0 fully saturated rings. The predicted molar refractivity (Wildman–Crippen MR) is 132 cm³/mol. The molecule has 0 saturated carbocycles. The number of rotatable bonds is 9. The summed E-state index contributed by atoms with van der Waals surface area (Å²) in [6, 6.07) is 10.2. The Labute approximate surface area is 199 Å². The number of carbonyl (C=O) groups excluding carboxylic acids is 1. The number of nitrogens with zero attached hydrogens (tertiary/aromatic N) is 3. The Kier molecular flexibility index (Phi) is 8.23. The molecular weight excluding hydrogens is 458 g/mol. The monoisotopic (exact) mass is 489 g/mol. The summed E-state index contributed by atoms with van der Waals surface area (Å²) < 4.78 is 35.4. The van der Waals surface area contributed by atoms with E-state index in [0.29, 0.717) is 43.2 Å². The maximum atomic E-state index is 13.0. The van der Waals surface area contributed by atoms with Crippen molar-refractivity contribution in [3.8, 4) is 0 Å². The largest absolute Gasteiger partial charge is 0.380 e. The van der Waals surface area contributed by atoms with Gasteiger partial charge < -0.3 is 9.30 Å². The van der Waals surface area contributed by atoms with E-state index in [1.165, 1.54) is 39.9 Å². The van der Waals surface area contributed by atoms with Crippen molar-refractivity contribution in [2.75, 3.05) is 26.3 Å². The van der Waals surface area contributed by atoms with Gasteiger partial charge in [0.2, 0.25) is 10.0 Å². The van der Waals surface area contributed by atoms with Crippen LogP contribution in [0.25, 0.3) is 10.2 Å². The molecule has 178 valence electrons. The molecule has 0 saturated heterocycles. The number of fused-ring (bicyclic) bond motifs is 1. The summed E-state index contributed by atoms with van der Waals surface area (Å²) in [6.45, 7) is 12.2. The molecule has 1 amide bonds. The van der Waals surface area contributed by atoms with E-state index in [0.717, 1.165) is 21.3 Å². The van der Waals surface area contributed by atoms with Gasteiger partial charge in [-0.2, -0.15) is 9.30 Å². The minimum atomic E-state index is -3.57. The fourth-order valence-electron chi connectivity index (χ4n) is 3.75. The molecule has 0 unspecified atom stereocenters. The zero-order chi connectivity index (χ0) is 24.2. The lowest BCUT2D eigenvalue weighted by molar-refractivity contribution is 0.0996. The first-order valence-corrected chi connectivity index (χ1v) is 13.4. The Morgan fingerprint density at radius 3 is 2.36 bits per heavy atom. The molecule has 7 nitrogen and oxygen atoms in total. The number of amides is 1. The maximum absolute atomic E-state index is 13.0. The van der Waals surface area contributed by atoms with E-state index in [-0.39, 0.29) is 4.90 Å². The van der Waals surface area contributed by atoms with Gasteiger partial charge in [-0.3, -0.25) is 4.79 Å². The lowest BCUT2D eigenvalue weighted by atomic mass is 10.1. The highest BCUT2D eigenvalue weighted by Gasteiger charge is 2.21. The van der Waals surface area contributed by atoms with Crippen molar-refractivity contribution in [3.05, 3.63) is 57.9 Å². The van der Waals surface area contributed by atoms with Crippen LogP contribution in [-0.2, 0) is 21.3 Å². The van der Waals surface area contributed by atoms with Gasteiger partial charge >= 0.3 is 0 Å². The van der Waals surface area contributed by atoms with Crippen molar-refractivity contribution in [2.45, 2.75) is 46.1 Å². The maximum Gasteiger partial charge on any atom is 0.279 e. The number of carbonyl (C=O) groups is 1. The summed E-state index contributed by atoms with van der Waals surface area (Å²) in [4.78, 5) is 18.1. The Balaban J connectivity index is 2.00. The minimum absolute atomic E-state index is 0.169. The zero-order valence-corrected chi connectivity index (χ0v) is 21.4. The van der Waals surface area contributed by atoms with Gasteiger partial charge in [0.1, 0.15) is 0 Å². The Morgan fingerprint density at radius 1 is 1.09 bits per heavy atom. The first-order chi connectivity index (χ1) is 15.7. The molecule has 0 bridgehead atoms. The molecule has 0 aliphatic rings. The Morgan fingerprint density at radius 2 is 1.76 bits per heavy atom. The third-order valence-corrected chi connectivity index (χ3v) is 8.71. The third-order valence-electron chi connectivity index (χ3n) is 5.42. The van der Waals surface area contributed by atoms with Crippen LogP contribution in [0.4, 0.5) is 0 Å². The molecule has 3 rings (SSSR count). The molecule has 33 heavy (non-hydrogen) atoms. The third kappa shape index (κ3) is 5.43. The van der Waals surface area contributed by atoms with Crippen molar-refractivity contribution in [3.63, 3.8) is 0 Å². The molecule has 0 spiro atoms. The molecule has 0 aliphatic heterocycles. The molecule has 2 aromatic carbocycles. The molecular formula is C24H31N3O4S2. The molecule has 1 aromatic heterocycles. The van der Waals surface area contributed by atoms with Gasteiger partial charge in [0.25, 0.3) is 5.91 Å². The average molecular weight is 490 g/mol. The number of ether oxygens (including phenoxy) is 1. The first kappa shape index (κ1) is 25.3. The van der Waals surface area contributed by atoms with Gasteiger partial charge in [-0.05, 0) is 62.2 Å². The van der Waals surface area contributed by atoms with Gasteiger partial charge in [-0.25, -0.2) is 8.42 Å². The molecule has 0 N–H and O–H groups in total. The highest BCUT2D eigenvalue weighted by atomic mass is 32.2. The summed E-state index contributed by atoms with van der Waals surface area (Å²) in [5, 5.41) is 0. The van der Waals surface area contributed by atoms with Crippen LogP contribution in [0.15, 0.2) is 46.3 Å².